The molecule has 0 aliphatic carbocycles. The van der Waals surface area contributed by atoms with Crippen molar-refractivity contribution in [3.63, 3.8) is 0 Å². The molecule has 1 nitrogen and oxygen atoms in total. The first-order valence-electron chi connectivity index (χ1n) is 5.16. The number of unbranched alkanes of at least 4 members (excludes halogenated alkanes) is 2. The van der Waals surface area contributed by atoms with E-state index in [9.17, 15) is 0 Å². The van der Waals surface area contributed by atoms with E-state index in [0.717, 1.165) is 6.61 Å². The Labute approximate surface area is 77.5 Å². The Morgan fingerprint density at radius 3 is 2.92 bits per heavy atom. The van der Waals surface area contributed by atoms with Gasteiger partial charge in [0.1, 0.15) is 0 Å². The maximum Gasteiger partial charge on any atom is 0.176 e. The van der Waals surface area contributed by atoms with Crippen molar-refractivity contribution in [3.05, 3.63) is 12.7 Å². The van der Waals surface area contributed by atoms with E-state index in [2.05, 4.69) is 6.58 Å². The minimum Gasteiger partial charge on any atom is -0.420 e. The van der Waals surface area contributed by atoms with Crippen molar-refractivity contribution in [3.8, 4) is 0 Å². The van der Waals surface area contributed by atoms with Gasteiger partial charge in [-0.25, -0.2) is 0 Å². The lowest BCUT2D eigenvalue weighted by atomic mass is 10.2. The van der Waals surface area contributed by atoms with Crippen LogP contribution in [-0.2, 0) is 4.43 Å². The maximum absolute atomic E-state index is 5.77. The van der Waals surface area contributed by atoms with Crippen LogP contribution < -0.4 is 0 Å². The summed E-state index contributed by atoms with van der Waals surface area (Å²) in [7, 11) is -0.703. The summed E-state index contributed by atoms with van der Waals surface area (Å²) in [6.45, 7) is 4.78. The highest BCUT2D eigenvalue weighted by atomic mass is 28.3. The zero-order valence-electron chi connectivity index (χ0n) is 7.93. The third-order valence-electron chi connectivity index (χ3n) is 2.46. The van der Waals surface area contributed by atoms with E-state index in [-0.39, 0.29) is 0 Å². The van der Waals surface area contributed by atoms with Crippen molar-refractivity contribution in [2.45, 2.75) is 44.2 Å². The molecule has 1 unspecified atom stereocenters. The average molecular weight is 184 g/mol. The van der Waals surface area contributed by atoms with Gasteiger partial charge in [-0.15, -0.1) is 6.58 Å². The molecule has 1 fully saturated rings. The van der Waals surface area contributed by atoms with Crippen LogP contribution in [0.25, 0.3) is 0 Å². The molecule has 1 rings (SSSR count). The molecule has 0 aromatic heterocycles. The third kappa shape index (κ3) is 4.07. The number of allylic oxidation sites excluding steroid dienone is 1. The van der Waals surface area contributed by atoms with Gasteiger partial charge in [-0.3, -0.25) is 0 Å². The summed E-state index contributed by atoms with van der Waals surface area (Å²) < 4.78 is 5.77. The topological polar surface area (TPSA) is 9.23 Å². The highest BCUT2D eigenvalue weighted by Crippen LogP contribution is 2.16. The van der Waals surface area contributed by atoms with E-state index >= 15 is 0 Å². The van der Waals surface area contributed by atoms with Crippen molar-refractivity contribution >= 4 is 9.04 Å². The zero-order chi connectivity index (χ0) is 8.65. The van der Waals surface area contributed by atoms with E-state index in [0.29, 0.717) is 0 Å². The van der Waals surface area contributed by atoms with E-state index < -0.39 is 9.04 Å². The molecule has 12 heavy (non-hydrogen) atoms. The van der Waals surface area contributed by atoms with Crippen molar-refractivity contribution in [1.29, 1.82) is 0 Å². The standard InChI is InChI=1S/C10H20OSi/c1-2-3-4-6-9-12-10-7-5-8-11-12/h2,12H,1,3-10H2. The fraction of sp³-hybridized carbons (Fsp3) is 0.800. The summed E-state index contributed by atoms with van der Waals surface area (Å²) in [5.74, 6) is 0. The molecule has 1 aliphatic heterocycles. The molecule has 0 spiro atoms. The molecule has 0 aromatic carbocycles. The molecule has 0 N–H and O–H groups in total. The summed E-state index contributed by atoms with van der Waals surface area (Å²) >= 11 is 0. The van der Waals surface area contributed by atoms with Gasteiger partial charge in [0.2, 0.25) is 0 Å². The first-order chi connectivity index (χ1) is 5.93. The van der Waals surface area contributed by atoms with Gasteiger partial charge in [-0.05, 0) is 24.9 Å². The highest BCUT2D eigenvalue weighted by molar-refractivity contribution is 6.51. The van der Waals surface area contributed by atoms with Crippen molar-refractivity contribution in [2.75, 3.05) is 6.61 Å². The quantitative estimate of drug-likeness (QED) is 0.363. The smallest absolute Gasteiger partial charge is 0.176 e. The lowest BCUT2D eigenvalue weighted by molar-refractivity contribution is 0.285. The van der Waals surface area contributed by atoms with Crippen LogP contribution in [-0.4, -0.2) is 15.6 Å². The summed E-state index contributed by atoms with van der Waals surface area (Å²) in [4.78, 5) is 0. The molecule has 2 heteroatoms. The molecule has 1 aliphatic rings. The van der Waals surface area contributed by atoms with Crippen LogP contribution in [0.2, 0.25) is 12.1 Å². The summed E-state index contributed by atoms with van der Waals surface area (Å²) in [6.07, 6.45) is 8.61. The molecule has 0 amide bonds. The molecular weight excluding hydrogens is 164 g/mol. The predicted molar refractivity (Wildman–Crippen MR) is 56.0 cm³/mol. The molecule has 0 saturated carbocycles. The third-order valence-corrected chi connectivity index (χ3v) is 5.27. The van der Waals surface area contributed by atoms with Gasteiger partial charge in [-0.2, -0.15) is 0 Å². The molecule has 0 radical (unpaired) electrons. The van der Waals surface area contributed by atoms with Crippen LogP contribution in [0.5, 0.6) is 0 Å². The van der Waals surface area contributed by atoms with Crippen LogP contribution in [0.1, 0.15) is 32.1 Å². The first-order valence-corrected chi connectivity index (χ1v) is 7.26. The maximum atomic E-state index is 5.77. The molecular formula is C10H20OSi. The number of hydrogen-bond donors (Lipinski definition) is 0. The van der Waals surface area contributed by atoms with Crippen LogP contribution in [0.4, 0.5) is 0 Å². The van der Waals surface area contributed by atoms with Crippen LogP contribution in [0, 0.1) is 0 Å². The van der Waals surface area contributed by atoms with Crippen molar-refractivity contribution in [1.82, 2.24) is 0 Å². The van der Waals surface area contributed by atoms with Gasteiger partial charge in [0, 0.05) is 6.61 Å². The Morgan fingerprint density at radius 2 is 2.25 bits per heavy atom. The van der Waals surface area contributed by atoms with E-state index in [4.69, 9.17) is 4.43 Å². The Bertz CT molecular complexity index is 119. The Morgan fingerprint density at radius 1 is 1.33 bits per heavy atom. The minimum absolute atomic E-state index is 0.703. The second-order valence-electron chi connectivity index (χ2n) is 3.56. The fourth-order valence-electron chi connectivity index (χ4n) is 1.70. The summed E-state index contributed by atoms with van der Waals surface area (Å²) in [6, 6.07) is 2.82. The second-order valence-corrected chi connectivity index (χ2v) is 6.29. The lowest BCUT2D eigenvalue weighted by Crippen LogP contribution is -2.22. The molecule has 1 saturated heterocycles. The largest absolute Gasteiger partial charge is 0.420 e. The minimum atomic E-state index is -0.703. The van der Waals surface area contributed by atoms with Gasteiger partial charge in [0.25, 0.3) is 0 Å². The van der Waals surface area contributed by atoms with Gasteiger partial charge < -0.3 is 4.43 Å². The van der Waals surface area contributed by atoms with E-state index in [1.807, 2.05) is 6.08 Å². The van der Waals surface area contributed by atoms with Gasteiger partial charge in [0.15, 0.2) is 9.04 Å². The molecule has 0 aromatic rings. The predicted octanol–water partition coefficient (Wildman–Crippen LogP) is 2.88. The van der Waals surface area contributed by atoms with Crippen LogP contribution in [0.15, 0.2) is 12.7 Å². The summed E-state index contributed by atoms with van der Waals surface area (Å²) in [5.41, 5.74) is 0. The number of hydrogen-bond acceptors (Lipinski definition) is 1. The van der Waals surface area contributed by atoms with Crippen molar-refractivity contribution in [2.24, 2.45) is 0 Å². The molecule has 0 bridgehead atoms. The van der Waals surface area contributed by atoms with Crippen LogP contribution >= 0.6 is 0 Å². The fourth-order valence-corrected chi connectivity index (χ4v) is 4.31. The normalized spacial score (nSPS) is 23.8. The molecule has 70 valence electrons. The van der Waals surface area contributed by atoms with Crippen LogP contribution in [0.3, 0.4) is 0 Å². The Hall–Kier alpha value is -0.0831. The van der Waals surface area contributed by atoms with E-state index in [1.54, 1.807) is 0 Å². The monoisotopic (exact) mass is 184 g/mol. The average Bonchev–Trinajstić information content (AvgIpc) is 2.14. The Balaban J connectivity index is 1.94. The molecule has 1 heterocycles. The summed E-state index contributed by atoms with van der Waals surface area (Å²) in [5, 5.41) is 0. The van der Waals surface area contributed by atoms with Gasteiger partial charge in [0.05, 0.1) is 0 Å². The first kappa shape index (κ1) is 10.0. The lowest BCUT2D eigenvalue weighted by Gasteiger charge is -2.20. The molecule has 1 atom stereocenters. The van der Waals surface area contributed by atoms with Crippen molar-refractivity contribution < 1.29 is 4.43 Å². The SMILES string of the molecule is C=CCCCC[SiH]1CCCCO1. The zero-order valence-corrected chi connectivity index (χ0v) is 9.08. The number of rotatable bonds is 5. The second kappa shape index (κ2) is 6.43. The van der Waals surface area contributed by atoms with E-state index in [1.165, 1.54) is 44.2 Å². The highest BCUT2D eigenvalue weighted by Gasteiger charge is 2.14. The van der Waals surface area contributed by atoms with Gasteiger partial charge >= 0.3 is 0 Å². The Kier molecular flexibility index (Phi) is 5.36. The van der Waals surface area contributed by atoms with Gasteiger partial charge in [-0.1, -0.05) is 25.3 Å².